The summed E-state index contributed by atoms with van der Waals surface area (Å²) in [4.78, 5) is 12.7. The first kappa shape index (κ1) is 20.5. The third-order valence-electron chi connectivity index (χ3n) is 4.48. The number of aromatic nitrogens is 2. The van der Waals surface area contributed by atoms with Crippen LogP contribution in [0.2, 0.25) is 0 Å². The van der Waals surface area contributed by atoms with Gasteiger partial charge in [0.25, 0.3) is 5.91 Å². The Morgan fingerprint density at radius 1 is 1.00 bits per heavy atom. The highest BCUT2D eigenvalue weighted by Crippen LogP contribution is 2.24. The number of amides is 1. The summed E-state index contributed by atoms with van der Waals surface area (Å²) in [5, 5.41) is 9.93. The Labute approximate surface area is 171 Å². The highest BCUT2D eigenvalue weighted by atomic mass is 16.5. The average Bonchev–Trinajstić information content (AvgIpc) is 3.24. The van der Waals surface area contributed by atoms with Gasteiger partial charge in [-0.05, 0) is 55.3 Å². The molecule has 1 aromatic heterocycles. The van der Waals surface area contributed by atoms with Crippen LogP contribution in [0, 0.1) is 0 Å². The molecule has 2 N–H and O–H groups in total. The van der Waals surface area contributed by atoms with E-state index >= 15 is 0 Å². The number of H-pyrrole nitrogens is 1. The summed E-state index contributed by atoms with van der Waals surface area (Å²) in [6.45, 7) is 5.85. The predicted molar refractivity (Wildman–Crippen MR) is 113 cm³/mol. The van der Waals surface area contributed by atoms with Crippen molar-refractivity contribution in [1.82, 2.24) is 15.5 Å². The molecule has 6 heteroatoms. The molecule has 0 atom stereocenters. The van der Waals surface area contributed by atoms with E-state index in [0.717, 1.165) is 35.5 Å². The first-order chi connectivity index (χ1) is 14.2. The van der Waals surface area contributed by atoms with E-state index in [-0.39, 0.29) is 5.91 Å². The van der Waals surface area contributed by atoms with Crippen LogP contribution >= 0.6 is 0 Å². The smallest absolute Gasteiger partial charge is 0.255 e. The van der Waals surface area contributed by atoms with Crippen molar-refractivity contribution in [2.24, 2.45) is 0 Å². The number of aromatic amines is 1. The van der Waals surface area contributed by atoms with E-state index in [1.165, 1.54) is 0 Å². The highest BCUT2D eigenvalue weighted by Gasteiger charge is 2.15. The summed E-state index contributed by atoms with van der Waals surface area (Å²) >= 11 is 0. The number of carbonyl (C=O) groups excluding carboxylic acids is 1. The zero-order valence-electron chi connectivity index (χ0n) is 16.9. The zero-order valence-corrected chi connectivity index (χ0v) is 16.9. The lowest BCUT2D eigenvalue weighted by molar-refractivity contribution is 0.0951. The first-order valence-corrected chi connectivity index (χ1v) is 9.97. The number of ether oxygens (including phenoxy) is 2. The monoisotopic (exact) mass is 393 g/mol. The van der Waals surface area contributed by atoms with Crippen LogP contribution in [-0.4, -0.2) is 29.3 Å². The van der Waals surface area contributed by atoms with E-state index in [1.807, 2.05) is 55.5 Å². The van der Waals surface area contributed by atoms with Crippen molar-refractivity contribution in [3.05, 3.63) is 65.9 Å². The van der Waals surface area contributed by atoms with Gasteiger partial charge in [0.15, 0.2) is 0 Å². The van der Waals surface area contributed by atoms with Crippen LogP contribution in [0.15, 0.2) is 54.7 Å². The van der Waals surface area contributed by atoms with E-state index in [1.54, 1.807) is 6.20 Å². The molecule has 0 aliphatic rings. The number of nitrogens with zero attached hydrogens (tertiary/aromatic N) is 1. The Kier molecular flexibility index (Phi) is 7.28. The molecular formula is C23H27N3O3. The van der Waals surface area contributed by atoms with Crippen molar-refractivity contribution < 1.29 is 14.3 Å². The maximum atomic E-state index is 12.7. The largest absolute Gasteiger partial charge is 0.494 e. The Morgan fingerprint density at radius 3 is 2.38 bits per heavy atom. The first-order valence-electron chi connectivity index (χ1n) is 9.97. The number of hydrogen-bond acceptors (Lipinski definition) is 4. The SMILES string of the molecule is CCCCOc1ccc(-c2[nH]ncc2C(=O)NCc2ccc(OCC)cc2)cc1. The van der Waals surface area contributed by atoms with Gasteiger partial charge in [-0.15, -0.1) is 0 Å². The molecule has 0 bridgehead atoms. The Morgan fingerprint density at radius 2 is 1.69 bits per heavy atom. The molecule has 0 spiro atoms. The van der Waals surface area contributed by atoms with Crippen molar-refractivity contribution >= 4 is 5.91 Å². The Bertz CT molecular complexity index is 902. The van der Waals surface area contributed by atoms with Crippen molar-refractivity contribution in [3.8, 4) is 22.8 Å². The van der Waals surface area contributed by atoms with Crippen molar-refractivity contribution in [2.45, 2.75) is 33.2 Å². The van der Waals surface area contributed by atoms with E-state index in [9.17, 15) is 4.79 Å². The summed E-state index contributed by atoms with van der Waals surface area (Å²) in [6.07, 6.45) is 3.68. The second-order valence-corrected chi connectivity index (χ2v) is 6.64. The second kappa shape index (κ2) is 10.3. The van der Waals surface area contributed by atoms with Crippen LogP contribution in [0.1, 0.15) is 42.6 Å². The lowest BCUT2D eigenvalue weighted by Gasteiger charge is -2.08. The van der Waals surface area contributed by atoms with Gasteiger partial charge in [-0.3, -0.25) is 9.89 Å². The third-order valence-corrected chi connectivity index (χ3v) is 4.48. The van der Waals surface area contributed by atoms with E-state index < -0.39 is 0 Å². The summed E-state index contributed by atoms with van der Waals surface area (Å²) < 4.78 is 11.1. The molecule has 2 aromatic carbocycles. The van der Waals surface area contributed by atoms with Gasteiger partial charge in [0.2, 0.25) is 0 Å². The van der Waals surface area contributed by atoms with Crippen LogP contribution in [0.3, 0.4) is 0 Å². The summed E-state index contributed by atoms with van der Waals surface area (Å²) in [5.41, 5.74) is 3.09. The van der Waals surface area contributed by atoms with E-state index in [4.69, 9.17) is 9.47 Å². The predicted octanol–water partition coefficient (Wildman–Crippen LogP) is 4.58. The van der Waals surface area contributed by atoms with Crippen molar-refractivity contribution in [1.29, 1.82) is 0 Å². The molecule has 152 valence electrons. The molecule has 3 aromatic rings. The normalized spacial score (nSPS) is 10.6. The summed E-state index contributed by atoms with van der Waals surface area (Å²) in [7, 11) is 0. The molecule has 0 aliphatic carbocycles. The van der Waals surface area contributed by atoms with Gasteiger partial charge in [0.05, 0.1) is 30.7 Å². The van der Waals surface area contributed by atoms with Gasteiger partial charge in [0.1, 0.15) is 11.5 Å². The quantitative estimate of drug-likeness (QED) is 0.494. The molecule has 1 heterocycles. The average molecular weight is 393 g/mol. The minimum absolute atomic E-state index is 0.175. The van der Waals surface area contributed by atoms with Crippen LogP contribution < -0.4 is 14.8 Å². The van der Waals surface area contributed by atoms with Gasteiger partial charge in [-0.1, -0.05) is 25.5 Å². The molecule has 0 radical (unpaired) electrons. The molecule has 0 saturated heterocycles. The molecule has 1 amide bonds. The molecule has 29 heavy (non-hydrogen) atoms. The van der Waals surface area contributed by atoms with Crippen LogP contribution in [0.5, 0.6) is 11.5 Å². The number of carbonyl (C=O) groups is 1. The van der Waals surface area contributed by atoms with Gasteiger partial charge in [0, 0.05) is 12.1 Å². The van der Waals surface area contributed by atoms with Crippen molar-refractivity contribution in [2.75, 3.05) is 13.2 Å². The minimum atomic E-state index is -0.175. The number of rotatable bonds is 10. The maximum Gasteiger partial charge on any atom is 0.255 e. The lowest BCUT2D eigenvalue weighted by Crippen LogP contribution is -2.22. The second-order valence-electron chi connectivity index (χ2n) is 6.64. The number of nitrogens with one attached hydrogen (secondary N) is 2. The molecule has 0 saturated carbocycles. The molecular weight excluding hydrogens is 366 g/mol. The van der Waals surface area contributed by atoms with Gasteiger partial charge in [-0.25, -0.2) is 0 Å². The Hall–Kier alpha value is -3.28. The third kappa shape index (κ3) is 5.60. The summed E-state index contributed by atoms with van der Waals surface area (Å²) in [6, 6.07) is 15.4. The van der Waals surface area contributed by atoms with Crippen LogP contribution in [0.4, 0.5) is 0 Å². The van der Waals surface area contributed by atoms with Crippen LogP contribution in [-0.2, 0) is 6.54 Å². The molecule has 0 fully saturated rings. The van der Waals surface area contributed by atoms with Crippen LogP contribution in [0.25, 0.3) is 11.3 Å². The molecule has 3 rings (SSSR count). The topological polar surface area (TPSA) is 76.2 Å². The number of benzene rings is 2. The van der Waals surface area contributed by atoms with Crippen molar-refractivity contribution in [3.63, 3.8) is 0 Å². The minimum Gasteiger partial charge on any atom is -0.494 e. The maximum absolute atomic E-state index is 12.7. The Balaban J connectivity index is 1.62. The number of hydrogen-bond donors (Lipinski definition) is 2. The molecule has 0 unspecified atom stereocenters. The fourth-order valence-electron chi connectivity index (χ4n) is 2.88. The van der Waals surface area contributed by atoms with Gasteiger partial charge < -0.3 is 14.8 Å². The highest BCUT2D eigenvalue weighted by molar-refractivity contribution is 5.99. The van der Waals surface area contributed by atoms with Gasteiger partial charge >= 0.3 is 0 Å². The van der Waals surface area contributed by atoms with Gasteiger partial charge in [-0.2, -0.15) is 5.10 Å². The lowest BCUT2D eigenvalue weighted by atomic mass is 10.1. The standard InChI is InChI=1S/C23H27N3O3/c1-3-5-14-29-20-12-8-18(9-13-20)22-21(16-25-26-22)23(27)24-15-17-6-10-19(11-7-17)28-4-2/h6-13,16H,3-5,14-15H2,1-2H3,(H,24,27)(H,25,26). The summed E-state index contributed by atoms with van der Waals surface area (Å²) in [5.74, 6) is 1.47. The zero-order chi connectivity index (χ0) is 20.5. The number of unbranched alkanes of at least 4 members (excludes halogenated alkanes) is 1. The fraction of sp³-hybridized carbons (Fsp3) is 0.304. The van der Waals surface area contributed by atoms with E-state index in [2.05, 4.69) is 22.4 Å². The molecule has 0 aliphatic heterocycles. The van der Waals surface area contributed by atoms with E-state index in [0.29, 0.717) is 31.0 Å². The molecule has 6 nitrogen and oxygen atoms in total. The fourth-order valence-corrected chi connectivity index (χ4v) is 2.88.